The monoisotopic (exact) mass is 1480 g/mol. The van der Waals surface area contributed by atoms with Crippen LogP contribution in [0.4, 0.5) is 0 Å². The minimum Gasteiger partial charge on any atom is -0.387 e. The molecule has 2 aliphatic heterocycles. The molecule has 0 bridgehead atoms. The Morgan fingerprint density at radius 3 is 1.19 bits per heavy atom. The quantitative estimate of drug-likeness (QED) is 0.0342. The van der Waals surface area contributed by atoms with Crippen LogP contribution in [0.2, 0.25) is 0 Å². The van der Waals surface area contributed by atoms with Gasteiger partial charge in [0, 0.05) is 40.6 Å². The molecule has 0 amide bonds. The van der Waals surface area contributed by atoms with Crippen LogP contribution in [0.1, 0.15) is 291 Å². The Morgan fingerprint density at radius 1 is 0.366 bits per heavy atom. The molecule has 2 rings (SSSR count). The topological polar surface area (TPSA) is 202 Å². The van der Waals surface area contributed by atoms with E-state index in [1.54, 1.807) is 14.2 Å². The Bertz CT molecular complexity index is 2010. The standard InChI is InChI=1S/C80H150O19P2/c1-11-19-23-27-30-33-36-37-38-39-40-41-44-47-51-55-64-88-78-76(89-65-57-70(85-10)56-52-48-26-22-14-4)74(99-101(83,94-60-17-7)95-61-18-8)72(68-84-9)98-80(78)91-69-71-73(81)75(86-62-53-49-45-42-34-31-28-24-20-12-2)77(87-63-54-50-46-43-35-32-29-25-21-13-3)79(97-71)90-66-67-96-100(82,92-58-15-5)93-59-16-6/h15-18,33,36,70-81H,5-8,11-14,19-32,34-35,37-69H2,1-4,9-10H3/b36-33-/t70-,71-,72-,73-,74-,75+,76+,77-,78-,79+,80+/m1/s1. The molecular formula is C80H150O19P2. The smallest absolute Gasteiger partial charge is 0.387 e. The molecule has 2 fully saturated rings. The Morgan fingerprint density at radius 2 is 0.743 bits per heavy atom. The van der Waals surface area contributed by atoms with E-state index in [-0.39, 0.29) is 65.6 Å². The van der Waals surface area contributed by atoms with Gasteiger partial charge >= 0.3 is 15.6 Å². The average Bonchev–Trinajstić information content (AvgIpc) is 0.789. The van der Waals surface area contributed by atoms with Gasteiger partial charge in [-0.25, -0.2) is 9.13 Å². The number of aliphatic hydroxyl groups excluding tert-OH is 1. The van der Waals surface area contributed by atoms with Crippen LogP contribution in [0.25, 0.3) is 0 Å². The Hall–Kier alpha value is -1.52. The van der Waals surface area contributed by atoms with Crippen molar-refractivity contribution in [2.45, 2.75) is 358 Å². The first-order valence-corrected chi connectivity index (χ1v) is 43.3. The Labute approximate surface area is 616 Å². The Kier molecular flexibility index (Phi) is 63.1. The summed E-state index contributed by atoms with van der Waals surface area (Å²) in [5, 5.41) is 12.8. The summed E-state index contributed by atoms with van der Waals surface area (Å²) >= 11 is 0. The lowest BCUT2D eigenvalue weighted by Crippen LogP contribution is -2.64. The lowest BCUT2D eigenvalue weighted by atomic mass is 9.97. The predicted molar refractivity (Wildman–Crippen MR) is 409 cm³/mol. The van der Waals surface area contributed by atoms with Crippen molar-refractivity contribution in [3.8, 4) is 0 Å². The second-order valence-corrected chi connectivity index (χ2v) is 30.7. The summed E-state index contributed by atoms with van der Waals surface area (Å²) < 4.78 is 130. The van der Waals surface area contributed by atoms with Crippen molar-refractivity contribution in [2.75, 3.05) is 93.5 Å². The molecule has 1 N–H and O–H groups in total. The molecule has 0 aromatic rings. The summed E-state index contributed by atoms with van der Waals surface area (Å²) in [7, 11) is -5.16. The van der Waals surface area contributed by atoms with Gasteiger partial charge < -0.3 is 52.5 Å². The van der Waals surface area contributed by atoms with E-state index in [2.05, 4.69) is 66.2 Å². The molecule has 2 heterocycles. The van der Waals surface area contributed by atoms with Gasteiger partial charge in [0.1, 0.15) is 48.8 Å². The first kappa shape index (κ1) is 95.6. The molecule has 11 atom stereocenters. The zero-order valence-corrected chi connectivity index (χ0v) is 66.6. The second kappa shape index (κ2) is 66.7. The van der Waals surface area contributed by atoms with Crippen molar-refractivity contribution in [1.29, 1.82) is 0 Å². The van der Waals surface area contributed by atoms with Gasteiger partial charge in [0.05, 0.1) is 59.0 Å². The van der Waals surface area contributed by atoms with Crippen LogP contribution in [-0.4, -0.2) is 166 Å². The zero-order chi connectivity index (χ0) is 73.4. The number of unbranched alkanes of at least 4 members (excludes halogenated alkanes) is 34. The molecular weight excluding hydrogens is 1330 g/mol. The van der Waals surface area contributed by atoms with Crippen molar-refractivity contribution in [3.05, 3.63) is 62.8 Å². The number of hydrogen-bond acceptors (Lipinski definition) is 19. The molecule has 0 unspecified atom stereocenters. The predicted octanol–water partition coefficient (Wildman–Crippen LogP) is 21.1. The molecule has 0 saturated carbocycles. The van der Waals surface area contributed by atoms with E-state index in [9.17, 15) is 14.2 Å². The lowest BCUT2D eigenvalue weighted by Gasteiger charge is -2.47. The van der Waals surface area contributed by atoms with Gasteiger partial charge in [-0.05, 0) is 57.8 Å². The third kappa shape index (κ3) is 47.1. The number of phosphoric ester groups is 2. The summed E-state index contributed by atoms with van der Waals surface area (Å²) in [4.78, 5) is 0. The number of phosphoric acid groups is 2. The van der Waals surface area contributed by atoms with Crippen LogP contribution in [0.5, 0.6) is 0 Å². The normalized spacial score (nSPS) is 21.6. The van der Waals surface area contributed by atoms with E-state index in [1.165, 1.54) is 172 Å². The van der Waals surface area contributed by atoms with Gasteiger partial charge in [-0.15, -0.1) is 26.3 Å². The third-order valence-electron chi connectivity index (χ3n) is 18.5. The number of methoxy groups -OCH3 is 2. The van der Waals surface area contributed by atoms with E-state index in [4.69, 9.17) is 74.5 Å². The van der Waals surface area contributed by atoms with E-state index in [1.807, 2.05) is 0 Å². The van der Waals surface area contributed by atoms with Crippen molar-refractivity contribution >= 4 is 15.6 Å². The fourth-order valence-electron chi connectivity index (χ4n) is 12.6. The first-order chi connectivity index (χ1) is 49.5. The van der Waals surface area contributed by atoms with E-state index in [0.717, 1.165) is 109 Å². The van der Waals surface area contributed by atoms with E-state index in [0.29, 0.717) is 26.2 Å². The summed E-state index contributed by atoms with van der Waals surface area (Å²) in [5.41, 5.74) is 0. The molecule has 0 aromatic heterocycles. The van der Waals surface area contributed by atoms with Crippen LogP contribution in [-0.2, 0) is 83.6 Å². The van der Waals surface area contributed by atoms with Crippen molar-refractivity contribution in [3.63, 3.8) is 0 Å². The number of hydrogen-bond donors (Lipinski definition) is 1. The molecule has 0 aliphatic carbocycles. The van der Waals surface area contributed by atoms with Gasteiger partial charge in [0.2, 0.25) is 0 Å². The molecule has 101 heavy (non-hydrogen) atoms. The fraction of sp³-hybridized carbons (Fsp3) is 0.875. The summed E-state index contributed by atoms with van der Waals surface area (Å²) in [6.45, 7) is 24.1. The number of aliphatic hydroxyl groups is 1. The van der Waals surface area contributed by atoms with Crippen LogP contribution in [0.3, 0.4) is 0 Å². The summed E-state index contributed by atoms with van der Waals surface area (Å²) in [6, 6.07) is 0. The van der Waals surface area contributed by atoms with E-state index < -0.39 is 77.1 Å². The van der Waals surface area contributed by atoms with E-state index >= 15 is 0 Å². The zero-order valence-electron chi connectivity index (χ0n) is 64.8. The van der Waals surface area contributed by atoms with Crippen molar-refractivity contribution in [2.24, 2.45) is 0 Å². The second-order valence-electron chi connectivity index (χ2n) is 27.4. The molecule has 2 saturated heterocycles. The number of allylic oxidation sites excluding steroid dienone is 2. The molecule has 0 radical (unpaired) electrons. The number of ether oxygens (including phenoxy) is 10. The van der Waals surface area contributed by atoms with Crippen molar-refractivity contribution in [1.82, 2.24) is 0 Å². The van der Waals surface area contributed by atoms with Gasteiger partial charge in [-0.3, -0.25) is 27.1 Å². The van der Waals surface area contributed by atoms with Gasteiger partial charge in [-0.1, -0.05) is 270 Å². The van der Waals surface area contributed by atoms with Gasteiger partial charge in [0.25, 0.3) is 0 Å². The molecule has 594 valence electrons. The van der Waals surface area contributed by atoms with Crippen LogP contribution >= 0.6 is 15.6 Å². The van der Waals surface area contributed by atoms with Gasteiger partial charge in [-0.2, -0.15) is 0 Å². The maximum absolute atomic E-state index is 14.8. The third-order valence-corrected chi connectivity index (χ3v) is 21.4. The van der Waals surface area contributed by atoms with Crippen LogP contribution in [0.15, 0.2) is 62.8 Å². The maximum Gasteiger partial charge on any atom is 0.475 e. The molecule has 0 spiro atoms. The minimum atomic E-state index is -4.38. The first-order valence-electron chi connectivity index (χ1n) is 40.4. The fourth-order valence-corrected chi connectivity index (χ4v) is 15.1. The number of rotatable bonds is 76. The maximum atomic E-state index is 14.8. The molecule has 21 heteroatoms. The summed E-state index contributed by atoms with van der Waals surface area (Å²) in [5.74, 6) is 0. The van der Waals surface area contributed by atoms with Gasteiger partial charge in [0.15, 0.2) is 12.6 Å². The van der Waals surface area contributed by atoms with Crippen LogP contribution in [0, 0.1) is 0 Å². The minimum absolute atomic E-state index is 0.0496. The van der Waals surface area contributed by atoms with Crippen molar-refractivity contribution < 1.29 is 88.7 Å². The highest BCUT2D eigenvalue weighted by molar-refractivity contribution is 7.48. The molecule has 19 nitrogen and oxygen atoms in total. The Balaban J connectivity index is 2.64. The average molecular weight is 1480 g/mol. The highest BCUT2D eigenvalue weighted by atomic mass is 31.2. The molecule has 0 aromatic carbocycles. The largest absolute Gasteiger partial charge is 0.475 e. The highest BCUT2D eigenvalue weighted by Crippen LogP contribution is 2.53. The molecule has 2 aliphatic rings. The lowest BCUT2D eigenvalue weighted by molar-refractivity contribution is -0.343. The highest BCUT2D eigenvalue weighted by Gasteiger charge is 2.53. The van der Waals surface area contributed by atoms with Crippen LogP contribution < -0.4 is 0 Å². The SMILES string of the molecule is C=CCOP(=O)(OCC=C)OCCO[C@H]1O[C@H](CO[C@H]2O[C@H](COC)[C@@H](OP(=O)(OCC=C)OCC=C)[C@H](OCC[C@@H](CCCCCCC)OC)[C@H]2OCCCCCCCCCC/C=C\CCCCCC)[C@@H](O)[C@H](OCCCCCCCCCCCC)[C@H]1OCCCCCCCCCCCC. The summed E-state index contributed by atoms with van der Waals surface area (Å²) in [6.07, 6.45) is 46.2.